The first-order valence-corrected chi connectivity index (χ1v) is 4.23. The van der Waals surface area contributed by atoms with Crippen LogP contribution in [0.1, 0.15) is 17.9 Å². The van der Waals surface area contributed by atoms with Gasteiger partial charge in [0.1, 0.15) is 0 Å². The number of allylic oxidation sites excluding steroid dienone is 2. The summed E-state index contributed by atoms with van der Waals surface area (Å²) in [7, 11) is 0. The molecule has 1 aromatic rings. The number of benzene rings is 1. The molecule has 0 saturated carbocycles. The lowest BCUT2D eigenvalue weighted by molar-refractivity contribution is -0.116. The molecular formula is C11H9FO. The largest absolute Gasteiger partial charge is 0.292 e. The second-order valence-corrected chi connectivity index (χ2v) is 3.16. The number of halogens is 1. The van der Waals surface area contributed by atoms with Gasteiger partial charge in [-0.15, -0.1) is 0 Å². The van der Waals surface area contributed by atoms with Gasteiger partial charge in [-0.25, -0.2) is 4.39 Å². The van der Waals surface area contributed by atoms with Crippen molar-refractivity contribution in [1.82, 2.24) is 0 Å². The summed E-state index contributed by atoms with van der Waals surface area (Å²) in [6.07, 6.45) is 1.67. The molecule has 0 N–H and O–H groups in total. The third-order valence-electron chi connectivity index (χ3n) is 2.25. The molecule has 0 amide bonds. The van der Waals surface area contributed by atoms with E-state index >= 15 is 0 Å². The lowest BCUT2D eigenvalue weighted by Gasteiger charge is -2.04. The molecule has 1 unspecified atom stereocenters. The SMILES string of the molecule is O=C1CC(c2ccccc2)C=C1F. The minimum absolute atomic E-state index is 0.0614. The Morgan fingerprint density at radius 2 is 1.92 bits per heavy atom. The first kappa shape index (κ1) is 8.17. The molecule has 2 rings (SSSR count). The minimum atomic E-state index is -0.589. The zero-order valence-electron chi connectivity index (χ0n) is 7.03. The number of hydrogen-bond donors (Lipinski definition) is 0. The van der Waals surface area contributed by atoms with Gasteiger partial charge >= 0.3 is 0 Å². The van der Waals surface area contributed by atoms with Crippen molar-refractivity contribution in [2.45, 2.75) is 12.3 Å². The van der Waals surface area contributed by atoms with Crippen molar-refractivity contribution in [2.75, 3.05) is 0 Å². The highest BCUT2D eigenvalue weighted by Gasteiger charge is 2.24. The summed E-state index contributed by atoms with van der Waals surface area (Å²) < 4.78 is 12.8. The first-order valence-electron chi connectivity index (χ1n) is 4.23. The van der Waals surface area contributed by atoms with Crippen LogP contribution >= 0.6 is 0 Å². The van der Waals surface area contributed by atoms with E-state index in [0.717, 1.165) is 5.56 Å². The fourth-order valence-corrected chi connectivity index (χ4v) is 1.54. The van der Waals surface area contributed by atoms with Crippen molar-refractivity contribution >= 4 is 5.78 Å². The van der Waals surface area contributed by atoms with E-state index in [1.807, 2.05) is 30.3 Å². The summed E-state index contributed by atoms with van der Waals surface area (Å²) in [6, 6.07) is 9.51. The predicted octanol–water partition coefficient (Wildman–Crippen LogP) is 2.60. The van der Waals surface area contributed by atoms with Gasteiger partial charge in [0.25, 0.3) is 0 Å². The normalized spacial score (nSPS) is 21.8. The number of ketones is 1. The average Bonchev–Trinajstić information content (AvgIpc) is 2.49. The molecule has 0 spiro atoms. The van der Waals surface area contributed by atoms with Crippen LogP contribution in [0.3, 0.4) is 0 Å². The van der Waals surface area contributed by atoms with Gasteiger partial charge in [0, 0.05) is 12.3 Å². The third kappa shape index (κ3) is 1.52. The molecule has 1 aliphatic carbocycles. The van der Waals surface area contributed by atoms with Gasteiger partial charge in [-0.1, -0.05) is 30.3 Å². The highest BCUT2D eigenvalue weighted by atomic mass is 19.1. The Hall–Kier alpha value is -1.44. The Kier molecular flexibility index (Phi) is 1.97. The first-order chi connectivity index (χ1) is 6.27. The van der Waals surface area contributed by atoms with Gasteiger partial charge in [0.2, 0.25) is 0 Å². The highest BCUT2D eigenvalue weighted by Crippen LogP contribution is 2.30. The molecule has 0 radical (unpaired) electrons. The van der Waals surface area contributed by atoms with Crippen LogP contribution in [-0.2, 0) is 4.79 Å². The van der Waals surface area contributed by atoms with Crippen LogP contribution in [0.2, 0.25) is 0 Å². The van der Waals surface area contributed by atoms with Gasteiger partial charge in [-0.2, -0.15) is 0 Å². The fraction of sp³-hybridized carbons (Fsp3) is 0.182. The van der Waals surface area contributed by atoms with E-state index in [1.54, 1.807) is 0 Å². The molecule has 0 saturated heterocycles. The van der Waals surface area contributed by atoms with Crippen LogP contribution < -0.4 is 0 Å². The molecule has 1 nitrogen and oxygen atoms in total. The maximum absolute atomic E-state index is 12.8. The van der Waals surface area contributed by atoms with E-state index in [9.17, 15) is 9.18 Å². The van der Waals surface area contributed by atoms with E-state index in [2.05, 4.69) is 0 Å². The van der Waals surface area contributed by atoms with Crippen LogP contribution in [0.25, 0.3) is 0 Å². The molecule has 1 atom stereocenters. The second kappa shape index (κ2) is 3.13. The average molecular weight is 176 g/mol. The van der Waals surface area contributed by atoms with Crippen molar-refractivity contribution in [3.05, 3.63) is 47.8 Å². The van der Waals surface area contributed by atoms with Crippen LogP contribution in [0.5, 0.6) is 0 Å². The monoisotopic (exact) mass is 176 g/mol. The van der Waals surface area contributed by atoms with Gasteiger partial charge in [0.05, 0.1) is 0 Å². The molecule has 66 valence electrons. The molecule has 0 bridgehead atoms. The number of carbonyl (C=O) groups excluding carboxylic acids is 1. The van der Waals surface area contributed by atoms with Gasteiger partial charge < -0.3 is 0 Å². The molecular weight excluding hydrogens is 167 g/mol. The van der Waals surface area contributed by atoms with Crippen molar-refractivity contribution in [1.29, 1.82) is 0 Å². The van der Waals surface area contributed by atoms with E-state index in [4.69, 9.17) is 0 Å². The number of hydrogen-bond acceptors (Lipinski definition) is 1. The molecule has 0 fully saturated rings. The zero-order valence-corrected chi connectivity index (χ0v) is 7.03. The third-order valence-corrected chi connectivity index (χ3v) is 2.25. The smallest absolute Gasteiger partial charge is 0.191 e. The number of Topliss-reactive ketones (excluding diaryl/α,β-unsaturated/α-hetero) is 1. The van der Waals surface area contributed by atoms with E-state index in [-0.39, 0.29) is 18.1 Å². The summed E-state index contributed by atoms with van der Waals surface area (Å²) in [5, 5.41) is 0. The Balaban J connectivity index is 2.27. The van der Waals surface area contributed by atoms with E-state index < -0.39 is 5.83 Å². The molecule has 0 aliphatic heterocycles. The molecule has 1 aromatic carbocycles. The van der Waals surface area contributed by atoms with Crippen LogP contribution in [0.4, 0.5) is 4.39 Å². The van der Waals surface area contributed by atoms with Gasteiger partial charge in [-0.3, -0.25) is 4.79 Å². The molecule has 0 heterocycles. The molecule has 13 heavy (non-hydrogen) atoms. The predicted molar refractivity (Wildman–Crippen MR) is 48.0 cm³/mol. The van der Waals surface area contributed by atoms with Crippen LogP contribution in [0.15, 0.2) is 42.2 Å². The summed E-state index contributed by atoms with van der Waals surface area (Å²) >= 11 is 0. The second-order valence-electron chi connectivity index (χ2n) is 3.16. The Morgan fingerprint density at radius 3 is 2.46 bits per heavy atom. The number of rotatable bonds is 1. The lowest BCUT2D eigenvalue weighted by Crippen LogP contribution is -1.95. The Bertz CT molecular complexity index is 354. The Morgan fingerprint density at radius 1 is 1.23 bits per heavy atom. The minimum Gasteiger partial charge on any atom is -0.292 e. The number of carbonyl (C=O) groups is 1. The molecule has 1 aliphatic rings. The summed E-state index contributed by atoms with van der Waals surface area (Å²) in [4.78, 5) is 10.9. The van der Waals surface area contributed by atoms with Crippen molar-refractivity contribution in [3.8, 4) is 0 Å². The maximum atomic E-state index is 12.8. The summed E-state index contributed by atoms with van der Waals surface area (Å²) in [5.74, 6) is -1.03. The molecule has 2 heteroatoms. The van der Waals surface area contributed by atoms with Crippen molar-refractivity contribution < 1.29 is 9.18 Å². The topological polar surface area (TPSA) is 17.1 Å². The maximum Gasteiger partial charge on any atom is 0.191 e. The van der Waals surface area contributed by atoms with Crippen molar-refractivity contribution in [3.63, 3.8) is 0 Å². The highest BCUT2D eigenvalue weighted by molar-refractivity contribution is 5.96. The van der Waals surface area contributed by atoms with Gasteiger partial charge in [0.15, 0.2) is 11.6 Å². The van der Waals surface area contributed by atoms with Crippen LogP contribution in [-0.4, -0.2) is 5.78 Å². The Labute approximate surface area is 75.9 Å². The summed E-state index contributed by atoms with van der Waals surface area (Å²) in [5.41, 5.74) is 1.00. The van der Waals surface area contributed by atoms with Crippen LogP contribution in [0, 0.1) is 0 Å². The zero-order chi connectivity index (χ0) is 9.26. The fourth-order valence-electron chi connectivity index (χ4n) is 1.54. The van der Waals surface area contributed by atoms with Gasteiger partial charge in [-0.05, 0) is 11.6 Å². The lowest BCUT2D eigenvalue weighted by atomic mass is 9.99. The van der Waals surface area contributed by atoms with Crippen molar-refractivity contribution in [2.24, 2.45) is 0 Å². The standard InChI is InChI=1S/C11H9FO/c12-10-6-9(7-11(10)13)8-4-2-1-3-5-8/h1-6,9H,7H2. The quantitative estimate of drug-likeness (QED) is 0.642. The molecule has 0 aromatic heterocycles. The van der Waals surface area contributed by atoms with E-state index in [1.165, 1.54) is 6.08 Å². The summed E-state index contributed by atoms with van der Waals surface area (Å²) in [6.45, 7) is 0. The van der Waals surface area contributed by atoms with E-state index in [0.29, 0.717) is 0 Å².